The molecule has 0 N–H and O–H groups in total. The average Bonchev–Trinajstić information content (AvgIpc) is 2.42. The molecule has 0 aliphatic heterocycles. The highest BCUT2D eigenvalue weighted by molar-refractivity contribution is 5.76. The van der Waals surface area contributed by atoms with Crippen molar-refractivity contribution in [2.24, 2.45) is 5.92 Å². The molecule has 1 rings (SSSR count). The fourth-order valence-corrected chi connectivity index (χ4v) is 2.33. The highest BCUT2D eigenvalue weighted by Gasteiger charge is 2.17. The highest BCUT2D eigenvalue weighted by atomic mass is 16.2. The van der Waals surface area contributed by atoms with E-state index in [1.54, 1.807) is 0 Å². The molecule has 0 spiro atoms. The van der Waals surface area contributed by atoms with E-state index in [9.17, 15) is 4.79 Å². The molecule has 112 valence electrons. The number of hydrogen-bond acceptors (Lipinski definition) is 1. The van der Waals surface area contributed by atoms with Crippen LogP contribution in [-0.4, -0.2) is 23.4 Å². The third kappa shape index (κ3) is 5.36. The summed E-state index contributed by atoms with van der Waals surface area (Å²) < 4.78 is 0. The lowest BCUT2D eigenvalue weighted by Crippen LogP contribution is -2.39. The van der Waals surface area contributed by atoms with E-state index in [2.05, 4.69) is 58.9 Å². The van der Waals surface area contributed by atoms with Crippen LogP contribution in [0.2, 0.25) is 0 Å². The second-order valence-corrected chi connectivity index (χ2v) is 6.20. The molecule has 0 atom stereocenters. The molecule has 0 radical (unpaired) electrons. The minimum atomic E-state index is 0.272. The van der Waals surface area contributed by atoms with Crippen molar-refractivity contribution in [3.63, 3.8) is 0 Å². The van der Waals surface area contributed by atoms with Crippen LogP contribution in [0.3, 0.4) is 0 Å². The monoisotopic (exact) mass is 275 g/mol. The van der Waals surface area contributed by atoms with Gasteiger partial charge in [0, 0.05) is 19.0 Å². The quantitative estimate of drug-likeness (QED) is 0.734. The van der Waals surface area contributed by atoms with Crippen molar-refractivity contribution in [2.75, 3.05) is 6.54 Å². The van der Waals surface area contributed by atoms with Crippen LogP contribution < -0.4 is 0 Å². The zero-order valence-corrected chi connectivity index (χ0v) is 13.6. The number of carbonyl (C=O) groups is 1. The van der Waals surface area contributed by atoms with E-state index >= 15 is 0 Å². The van der Waals surface area contributed by atoms with E-state index in [1.807, 2.05) is 4.90 Å². The molecular weight excluding hydrogens is 246 g/mol. The van der Waals surface area contributed by atoms with Crippen molar-refractivity contribution in [1.82, 2.24) is 4.90 Å². The van der Waals surface area contributed by atoms with Crippen LogP contribution >= 0.6 is 0 Å². The van der Waals surface area contributed by atoms with Gasteiger partial charge in [0.05, 0.1) is 0 Å². The van der Waals surface area contributed by atoms with Crippen LogP contribution in [0.25, 0.3) is 0 Å². The van der Waals surface area contributed by atoms with E-state index in [1.165, 1.54) is 11.1 Å². The predicted octanol–water partition coefficient (Wildman–Crippen LogP) is 4.07. The Kier molecular flexibility index (Phi) is 6.77. The summed E-state index contributed by atoms with van der Waals surface area (Å²) in [6.45, 7) is 11.5. The molecule has 0 heterocycles. The molecule has 1 aromatic rings. The van der Waals surface area contributed by atoms with Crippen LogP contribution in [0.1, 0.15) is 52.2 Å². The first-order valence-corrected chi connectivity index (χ1v) is 7.81. The van der Waals surface area contributed by atoms with Crippen LogP contribution in [0.15, 0.2) is 24.3 Å². The standard InChI is InChI=1S/C18H29NO/c1-6-16-7-9-17(10-8-16)11-12-18(20)19(15(4)5)13-14(2)3/h7-10,14-15H,6,11-13H2,1-5H3. The maximum atomic E-state index is 12.3. The zero-order valence-electron chi connectivity index (χ0n) is 13.6. The van der Waals surface area contributed by atoms with Crippen molar-refractivity contribution in [1.29, 1.82) is 0 Å². The zero-order chi connectivity index (χ0) is 15.1. The summed E-state index contributed by atoms with van der Waals surface area (Å²) in [5, 5.41) is 0. The second kappa shape index (κ2) is 8.08. The summed E-state index contributed by atoms with van der Waals surface area (Å²) in [6, 6.07) is 8.90. The average molecular weight is 275 g/mol. The third-order valence-corrected chi connectivity index (χ3v) is 3.56. The van der Waals surface area contributed by atoms with Gasteiger partial charge in [0.1, 0.15) is 0 Å². The van der Waals surface area contributed by atoms with Gasteiger partial charge in [0.15, 0.2) is 0 Å². The minimum absolute atomic E-state index is 0.272. The second-order valence-electron chi connectivity index (χ2n) is 6.20. The van der Waals surface area contributed by atoms with Gasteiger partial charge in [-0.05, 0) is 43.7 Å². The summed E-state index contributed by atoms with van der Waals surface area (Å²) in [5.41, 5.74) is 2.60. The Morgan fingerprint density at radius 1 is 1.05 bits per heavy atom. The van der Waals surface area contributed by atoms with Gasteiger partial charge in [-0.15, -0.1) is 0 Å². The number of benzene rings is 1. The Morgan fingerprint density at radius 2 is 1.60 bits per heavy atom. The van der Waals surface area contributed by atoms with Gasteiger partial charge < -0.3 is 4.90 Å². The number of amides is 1. The fourth-order valence-electron chi connectivity index (χ4n) is 2.33. The molecule has 1 amide bonds. The molecule has 0 unspecified atom stereocenters. The number of carbonyl (C=O) groups excluding carboxylic acids is 1. The molecule has 20 heavy (non-hydrogen) atoms. The van der Waals surface area contributed by atoms with E-state index in [-0.39, 0.29) is 11.9 Å². The first kappa shape index (κ1) is 16.7. The molecule has 2 heteroatoms. The Labute approximate surface area is 124 Å². The summed E-state index contributed by atoms with van der Waals surface area (Å²) >= 11 is 0. The molecular formula is C18H29NO. The van der Waals surface area contributed by atoms with Crippen molar-refractivity contribution in [2.45, 2.75) is 59.9 Å². The lowest BCUT2D eigenvalue weighted by atomic mass is 10.0. The van der Waals surface area contributed by atoms with E-state index in [0.29, 0.717) is 12.3 Å². The summed E-state index contributed by atoms with van der Waals surface area (Å²) in [4.78, 5) is 14.3. The van der Waals surface area contributed by atoms with Gasteiger partial charge in [-0.1, -0.05) is 45.0 Å². The van der Waals surface area contributed by atoms with E-state index in [4.69, 9.17) is 0 Å². The molecule has 0 aliphatic rings. The number of hydrogen-bond donors (Lipinski definition) is 0. The van der Waals surface area contributed by atoms with Gasteiger partial charge in [-0.25, -0.2) is 0 Å². The maximum absolute atomic E-state index is 12.3. The van der Waals surface area contributed by atoms with E-state index in [0.717, 1.165) is 19.4 Å². The molecule has 0 saturated carbocycles. The van der Waals surface area contributed by atoms with Crippen molar-refractivity contribution in [3.05, 3.63) is 35.4 Å². The molecule has 0 aliphatic carbocycles. The van der Waals surface area contributed by atoms with Gasteiger partial charge in [-0.3, -0.25) is 4.79 Å². The smallest absolute Gasteiger partial charge is 0.223 e. The van der Waals surface area contributed by atoms with Crippen molar-refractivity contribution in [3.8, 4) is 0 Å². The maximum Gasteiger partial charge on any atom is 0.223 e. The fraction of sp³-hybridized carbons (Fsp3) is 0.611. The van der Waals surface area contributed by atoms with Crippen LogP contribution in [0.4, 0.5) is 0 Å². The van der Waals surface area contributed by atoms with Crippen molar-refractivity contribution < 1.29 is 4.79 Å². The van der Waals surface area contributed by atoms with Gasteiger partial charge in [0.25, 0.3) is 0 Å². The molecule has 2 nitrogen and oxygen atoms in total. The van der Waals surface area contributed by atoms with Gasteiger partial charge in [0.2, 0.25) is 5.91 Å². The third-order valence-electron chi connectivity index (χ3n) is 3.56. The first-order valence-electron chi connectivity index (χ1n) is 7.81. The summed E-state index contributed by atoms with van der Waals surface area (Å²) in [5.74, 6) is 0.790. The summed E-state index contributed by atoms with van der Waals surface area (Å²) in [7, 11) is 0. The predicted molar refractivity (Wildman–Crippen MR) is 85.8 cm³/mol. The normalized spacial score (nSPS) is 11.2. The molecule has 0 fully saturated rings. The minimum Gasteiger partial charge on any atom is -0.340 e. The van der Waals surface area contributed by atoms with E-state index < -0.39 is 0 Å². The van der Waals surface area contributed by atoms with Gasteiger partial charge in [-0.2, -0.15) is 0 Å². The molecule has 1 aromatic carbocycles. The molecule has 0 bridgehead atoms. The van der Waals surface area contributed by atoms with Crippen molar-refractivity contribution >= 4 is 5.91 Å². The number of rotatable bonds is 7. The molecule has 0 saturated heterocycles. The number of nitrogens with zero attached hydrogens (tertiary/aromatic N) is 1. The van der Waals surface area contributed by atoms with Crippen LogP contribution in [-0.2, 0) is 17.6 Å². The Morgan fingerprint density at radius 3 is 2.05 bits per heavy atom. The topological polar surface area (TPSA) is 20.3 Å². The number of aryl methyl sites for hydroxylation is 2. The highest BCUT2D eigenvalue weighted by Crippen LogP contribution is 2.11. The first-order chi connectivity index (χ1) is 9.43. The van der Waals surface area contributed by atoms with Crippen LogP contribution in [0.5, 0.6) is 0 Å². The van der Waals surface area contributed by atoms with Crippen LogP contribution in [0, 0.1) is 5.92 Å². The largest absolute Gasteiger partial charge is 0.340 e. The summed E-state index contributed by atoms with van der Waals surface area (Å²) in [6.07, 6.45) is 2.51. The lowest BCUT2D eigenvalue weighted by molar-refractivity contribution is -0.133. The molecule has 0 aromatic heterocycles. The Balaban J connectivity index is 2.55. The Hall–Kier alpha value is -1.31. The Bertz CT molecular complexity index is 406. The SMILES string of the molecule is CCc1ccc(CCC(=O)N(CC(C)C)C(C)C)cc1. The lowest BCUT2D eigenvalue weighted by Gasteiger charge is -2.28. The van der Waals surface area contributed by atoms with Gasteiger partial charge >= 0.3 is 0 Å².